The van der Waals surface area contributed by atoms with E-state index >= 15 is 0 Å². The quantitative estimate of drug-likeness (QED) is 0.884. The minimum absolute atomic E-state index is 0.159. The highest BCUT2D eigenvalue weighted by Crippen LogP contribution is 2.24. The summed E-state index contributed by atoms with van der Waals surface area (Å²) in [6.45, 7) is 5.01. The zero-order chi connectivity index (χ0) is 16.8. The first-order chi connectivity index (χ1) is 11.8. The molecule has 1 aromatic heterocycles. The molecule has 0 aliphatic carbocycles. The lowest BCUT2D eigenvalue weighted by Gasteiger charge is -2.36. The maximum atomic E-state index is 5.39. The van der Waals surface area contributed by atoms with E-state index in [1.165, 1.54) is 11.3 Å². The predicted octanol–water partition coefficient (Wildman–Crippen LogP) is 3.34. The van der Waals surface area contributed by atoms with Crippen molar-refractivity contribution in [3.05, 3.63) is 59.9 Å². The maximum Gasteiger partial charge on any atom is 0.0734 e. The average molecular weight is 325 g/mol. The second kappa shape index (κ2) is 8.27. The third-order valence-corrected chi connectivity index (χ3v) is 4.77. The summed E-state index contributed by atoms with van der Waals surface area (Å²) in [6, 6.07) is 15.4. The Kier molecular flexibility index (Phi) is 5.83. The highest BCUT2D eigenvalue weighted by Gasteiger charge is 2.23. The summed E-state index contributed by atoms with van der Waals surface area (Å²) in [5, 5.41) is 3.75. The van der Waals surface area contributed by atoms with Gasteiger partial charge in [-0.3, -0.25) is 4.98 Å². The Morgan fingerprint density at radius 2 is 1.92 bits per heavy atom. The van der Waals surface area contributed by atoms with Gasteiger partial charge >= 0.3 is 0 Å². The lowest BCUT2D eigenvalue weighted by Crippen LogP contribution is -2.44. The molecule has 128 valence electrons. The Bertz CT molecular complexity index is 624. The van der Waals surface area contributed by atoms with Crippen LogP contribution in [0.1, 0.15) is 30.1 Å². The largest absolute Gasteiger partial charge is 0.383 e. The second-order valence-electron chi connectivity index (χ2n) is 6.48. The van der Waals surface area contributed by atoms with Gasteiger partial charge in [-0.25, -0.2) is 0 Å². The van der Waals surface area contributed by atoms with Gasteiger partial charge < -0.3 is 15.0 Å². The van der Waals surface area contributed by atoms with Crippen LogP contribution in [0.3, 0.4) is 0 Å². The van der Waals surface area contributed by atoms with Gasteiger partial charge in [0.2, 0.25) is 0 Å². The Hall–Kier alpha value is -1.91. The summed E-state index contributed by atoms with van der Waals surface area (Å²) in [7, 11) is 1.75. The second-order valence-corrected chi connectivity index (χ2v) is 6.48. The molecule has 1 aliphatic heterocycles. The molecule has 0 bridgehead atoms. The van der Waals surface area contributed by atoms with Crippen LogP contribution >= 0.6 is 0 Å². The summed E-state index contributed by atoms with van der Waals surface area (Å²) < 4.78 is 5.39. The van der Waals surface area contributed by atoms with Crippen LogP contribution in [0.25, 0.3) is 0 Å². The monoisotopic (exact) mass is 325 g/mol. The molecule has 1 atom stereocenters. The molecule has 1 aliphatic rings. The minimum atomic E-state index is 0.159. The normalized spacial score (nSPS) is 17.0. The van der Waals surface area contributed by atoms with Crippen molar-refractivity contribution in [1.29, 1.82) is 0 Å². The number of nitrogens with zero attached hydrogens (tertiary/aromatic N) is 2. The molecule has 1 saturated heterocycles. The van der Waals surface area contributed by atoms with Crippen molar-refractivity contribution in [1.82, 2.24) is 10.3 Å². The van der Waals surface area contributed by atoms with Gasteiger partial charge in [-0.15, -0.1) is 0 Å². The number of hydrogen-bond donors (Lipinski definition) is 1. The summed E-state index contributed by atoms with van der Waals surface area (Å²) in [5.41, 5.74) is 3.78. The number of hydrogen-bond acceptors (Lipinski definition) is 4. The standard InChI is InChI=1S/C20H27N3O/c1-16-7-3-4-9-20(16)23-13-10-17(11-14-23)22-19(15-24-2)18-8-5-6-12-21-18/h3-9,12,17,19,22H,10-11,13-15H2,1-2H3. The number of pyridine rings is 1. The van der Waals surface area contributed by atoms with Crippen LogP contribution in [-0.2, 0) is 4.74 Å². The van der Waals surface area contributed by atoms with Gasteiger partial charge in [0.1, 0.15) is 0 Å². The SMILES string of the molecule is COCC(NC1CCN(c2ccccc2C)CC1)c1ccccn1. The summed E-state index contributed by atoms with van der Waals surface area (Å²) in [6.07, 6.45) is 4.13. The maximum absolute atomic E-state index is 5.39. The average Bonchev–Trinajstić information content (AvgIpc) is 2.63. The fourth-order valence-electron chi connectivity index (χ4n) is 3.46. The molecule has 0 radical (unpaired) electrons. The van der Waals surface area contributed by atoms with Crippen LogP contribution in [0.4, 0.5) is 5.69 Å². The lowest BCUT2D eigenvalue weighted by atomic mass is 10.0. The Balaban J connectivity index is 1.59. The number of nitrogens with one attached hydrogen (secondary N) is 1. The van der Waals surface area contributed by atoms with E-state index in [-0.39, 0.29) is 6.04 Å². The molecule has 2 heterocycles. The number of ether oxygens (including phenoxy) is 1. The smallest absolute Gasteiger partial charge is 0.0734 e. The first-order valence-corrected chi connectivity index (χ1v) is 8.74. The van der Waals surface area contributed by atoms with Gasteiger partial charge in [0.05, 0.1) is 18.3 Å². The van der Waals surface area contributed by atoms with Crippen LogP contribution in [0.5, 0.6) is 0 Å². The molecule has 3 rings (SSSR count). The molecule has 0 saturated carbocycles. The van der Waals surface area contributed by atoms with Crippen molar-refractivity contribution in [3.8, 4) is 0 Å². The number of methoxy groups -OCH3 is 1. The van der Waals surface area contributed by atoms with E-state index in [1.807, 2.05) is 18.3 Å². The molecule has 24 heavy (non-hydrogen) atoms. The van der Waals surface area contributed by atoms with E-state index in [2.05, 4.69) is 52.5 Å². The van der Waals surface area contributed by atoms with Crippen molar-refractivity contribution in [2.24, 2.45) is 0 Å². The molecule has 1 N–H and O–H groups in total. The van der Waals surface area contributed by atoms with E-state index in [4.69, 9.17) is 4.74 Å². The van der Waals surface area contributed by atoms with Crippen LogP contribution in [0, 0.1) is 6.92 Å². The zero-order valence-electron chi connectivity index (χ0n) is 14.6. The van der Waals surface area contributed by atoms with Crippen molar-refractivity contribution < 1.29 is 4.74 Å². The minimum Gasteiger partial charge on any atom is -0.383 e. The number of para-hydroxylation sites is 1. The molecule has 4 nitrogen and oxygen atoms in total. The summed E-state index contributed by atoms with van der Waals surface area (Å²) >= 11 is 0. The topological polar surface area (TPSA) is 37.4 Å². The van der Waals surface area contributed by atoms with E-state index in [1.54, 1.807) is 7.11 Å². The third-order valence-electron chi connectivity index (χ3n) is 4.77. The van der Waals surface area contributed by atoms with E-state index in [0.717, 1.165) is 31.6 Å². The fourth-order valence-corrected chi connectivity index (χ4v) is 3.46. The Morgan fingerprint density at radius 3 is 2.58 bits per heavy atom. The van der Waals surface area contributed by atoms with E-state index < -0.39 is 0 Å². The highest BCUT2D eigenvalue weighted by atomic mass is 16.5. The predicted molar refractivity (Wildman–Crippen MR) is 98.4 cm³/mol. The first-order valence-electron chi connectivity index (χ1n) is 8.74. The lowest BCUT2D eigenvalue weighted by molar-refractivity contribution is 0.156. The van der Waals surface area contributed by atoms with Crippen LogP contribution in [0.2, 0.25) is 0 Å². The van der Waals surface area contributed by atoms with Crippen LogP contribution in [-0.4, -0.2) is 37.8 Å². The number of benzene rings is 1. The number of aryl methyl sites for hydroxylation is 1. The Labute approximate surface area is 144 Å². The molecule has 0 amide bonds. The summed E-state index contributed by atoms with van der Waals surface area (Å²) in [4.78, 5) is 6.98. The van der Waals surface area contributed by atoms with Gasteiger partial charge in [0.15, 0.2) is 0 Å². The van der Waals surface area contributed by atoms with Crippen molar-refractivity contribution in [2.75, 3.05) is 31.7 Å². The van der Waals surface area contributed by atoms with Gasteiger partial charge in [-0.05, 0) is 43.5 Å². The molecule has 4 heteroatoms. The molecular weight excluding hydrogens is 298 g/mol. The van der Waals surface area contributed by atoms with Gasteiger partial charge in [0, 0.05) is 38.1 Å². The molecule has 1 aromatic carbocycles. The van der Waals surface area contributed by atoms with E-state index in [0.29, 0.717) is 12.6 Å². The van der Waals surface area contributed by atoms with Gasteiger partial charge in [-0.2, -0.15) is 0 Å². The van der Waals surface area contributed by atoms with Crippen molar-refractivity contribution in [2.45, 2.75) is 31.8 Å². The molecular formula is C20H27N3O. The van der Waals surface area contributed by atoms with Crippen LogP contribution in [0.15, 0.2) is 48.7 Å². The number of anilines is 1. The molecule has 0 spiro atoms. The zero-order valence-corrected chi connectivity index (χ0v) is 14.6. The third kappa shape index (κ3) is 4.13. The van der Waals surface area contributed by atoms with Crippen LogP contribution < -0.4 is 10.2 Å². The number of rotatable bonds is 6. The first kappa shape index (κ1) is 16.9. The van der Waals surface area contributed by atoms with Gasteiger partial charge in [-0.1, -0.05) is 24.3 Å². The van der Waals surface area contributed by atoms with Crippen molar-refractivity contribution in [3.63, 3.8) is 0 Å². The Morgan fingerprint density at radius 1 is 1.17 bits per heavy atom. The fraction of sp³-hybridized carbons (Fsp3) is 0.450. The number of aromatic nitrogens is 1. The van der Waals surface area contributed by atoms with Gasteiger partial charge in [0.25, 0.3) is 0 Å². The number of piperidine rings is 1. The highest BCUT2D eigenvalue weighted by molar-refractivity contribution is 5.53. The molecule has 1 fully saturated rings. The summed E-state index contributed by atoms with van der Waals surface area (Å²) in [5.74, 6) is 0. The van der Waals surface area contributed by atoms with E-state index in [9.17, 15) is 0 Å². The van der Waals surface area contributed by atoms with Crippen molar-refractivity contribution >= 4 is 5.69 Å². The molecule has 2 aromatic rings. The molecule has 1 unspecified atom stereocenters.